The van der Waals surface area contributed by atoms with E-state index in [2.05, 4.69) is 0 Å². The molecule has 0 unspecified atom stereocenters. The summed E-state index contributed by atoms with van der Waals surface area (Å²) in [4.78, 5) is 10.8. The second kappa shape index (κ2) is 5.56. The second-order valence-corrected chi connectivity index (χ2v) is 5.19. The predicted octanol–water partition coefficient (Wildman–Crippen LogP) is 4.20. The van der Waals surface area contributed by atoms with Crippen LogP contribution in [0.4, 0.5) is 4.39 Å². The van der Waals surface area contributed by atoms with E-state index < -0.39 is 11.8 Å². The molecular formula is C17H15FO3. The molecule has 4 heteroatoms. The third-order valence-electron chi connectivity index (χ3n) is 3.73. The van der Waals surface area contributed by atoms with Crippen LogP contribution < -0.4 is 4.74 Å². The van der Waals surface area contributed by atoms with Crippen LogP contribution in [0.15, 0.2) is 36.4 Å². The van der Waals surface area contributed by atoms with Crippen molar-refractivity contribution in [3.63, 3.8) is 0 Å². The van der Waals surface area contributed by atoms with Gasteiger partial charge in [0.1, 0.15) is 5.75 Å². The van der Waals surface area contributed by atoms with Crippen molar-refractivity contribution in [2.24, 2.45) is 0 Å². The van der Waals surface area contributed by atoms with Gasteiger partial charge in [-0.25, -0.2) is 9.18 Å². The number of aromatic carboxylic acids is 1. The minimum absolute atomic E-state index is 0.0377. The van der Waals surface area contributed by atoms with Crippen LogP contribution in [0.5, 0.6) is 11.5 Å². The Morgan fingerprint density at radius 3 is 2.52 bits per heavy atom. The Labute approximate surface area is 122 Å². The van der Waals surface area contributed by atoms with E-state index >= 15 is 0 Å². The van der Waals surface area contributed by atoms with E-state index in [1.807, 2.05) is 18.2 Å². The Bertz CT molecular complexity index is 694. The Kier molecular flexibility index (Phi) is 3.60. The maximum Gasteiger partial charge on any atom is 0.335 e. The van der Waals surface area contributed by atoms with E-state index in [0.29, 0.717) is 5.75 Å². The lowest BCUT2D eigenvalue weighted by molar-refractivity contribution is 0.0696. The number of fused-ring (bicyclic) bond motifs is 1. The van der Waals surface area contributed by atoms with Crippen LogP contribution in [-0.2, 0) is 12.8 Å². The van der Waals surface area contributed by atoms with Gasteiger partial charge in [0.05, 0.1) is 5.56 Å². The van der Waals surface area contributed by atoms with Gasteiger partial charge in [-0.2, -0.15) is 0 Å². The summed E-state index contributed by atoms with van der Waals surface area (Å²) < 4.78 is 19.4. The van der Waals surface area contributed by atoms with Crippen molar-refractivity contribution in [2.75, 3.05) is 0 Å². The molecule has 1 aliphatic carbocycles. The fourth-order valence-electron chi connectivity index (χ4n) is 2.62. The van der Waals surface area contributed by atoms with E-state index in [1.54, 1.807) is 0 Å². The zero-order valence-electron chi connectivity index (χ0n) is 11.4. The van der Waals surface area contributed by atoms with Crippen LogP contribution in [0.3, 0.4) is 0 Å². The minimum Gasteiger partial charge on any atom is -0.478 e. The van der Waals surface area contributed by atoms with Crippen LogP contribution in [0.2, 0.25) is 0 Å². The number of carboxylic acids is 1. The number of aryl methyl sites for hydroxylation is 2. The van der Waals surface area contributed by atoms with Crippen LogP contribution in [0.1, 0.15) is 34.3 Å². The first kappa shape index (κ1) is 13.6. The van der Waals surface area contributed by atoms with Crippen molar-refractivity contribution in [3.05, 3.63) is 58.9 Å². The summed E-state index contributed by atoms with van der Waals surface area (Å²) in [6.07, 6.45) is 4.47. The molecule has 0 spiro atoms. The highest BCUT2D eigenvalue weighted by molar-refractivity contribution is 5.87. The monoisotopic (exact) mass is 286 g/mol. The first-order valence-corrected chi connectivity index (χ1v) is 6.96. The van der Waals surface area contributed by atoms with Crippen LogP contribution in [-0.4, -0.2) is 11.1 Å². The quantitative estimate of drug-likeness (QED) is 0.920. The van der Waals surface area contributed by atoms with E-state index in [9.17, 15) is 9.18 Å². The summed E-state index contributed by atoms with van der Waals surface area (Å²) >= 11 is 0. The number of carboxylic acid groups (broad SMARTS) is 1. The summed E-state index contributed by atoms with van der Waals surface area (Å²) in [6, 6.07) is 9.44. The molecule has 0 aliphatic heterocycles. The molecule has 2 aromatic rings. The summed E-state index contributed by atoms with van der Waals surface area (Å²) in [5.41, 5.74) is 2.49. The molecule has 1 N–H and O–H groups in total. The highest BCUT2D eigenvalue weighted by atomic mass is 19.1. The van der Waals surface area contributed by atoms with E-state index in [0.717, 1.165) is 25.3 Å². The van der Waals surface area contributed by atoms with Crippen molar-refractivity contribution >= 4 is 5.97 Å². The molecule has 2 aromatic carbocycles. The first-order chi connectivity index (χ1) is 10.1. The van der Waals surface area contributed by atoms with Crippen LogP contribution >= 0.6 is 0 Å². The standard InChI is InChI=1S/C17H15FO3/c18-15-10-13(17(19)20)6-8-16(15)21-14-7-5-11-3-1-2-4-12(11)9-14/h5-10H,1-4H2,(H,19,20). The SMILES string of the molecule is O=C(O)c1ccc(Oc2ccc3c(c2)CCCC3)c(F)c1. The van der Waals surface area contributed by atoms with Crippen molar-refractivity contribution in [3.8, 4) is 11.5 Å². The smallest absolute Gasteiger partial charge is 0.335 e. The van der Waals surface area contributed by atoms with E-state index in [4.69, 9.17) is 9.84 Å². The topological polar surface area (TPSA) is 46.5 Å². The van der Waals surface area contributed by atoms with Crippen molar-refractivity contribution in [2.45, 2.75) is 25.7 Å². The van der Waals surface area contributed by atoms with Gasteiger partial charge < -0.3 is 9.84 Å². The third-order valence-corrected chi connectivity index (χ3v) is 3.73. The molecule has 0 bridgehead atoms. The predicted molar refractivity (Wildman–Crippen MR) is 76.5 cm³/mol. The number of hydrogen-bond acceptors (Lipinski definition) is 2. The number of ether oxygens (including phenoxy) is 1. The summed E-state index contributed by atoms with van der Waals surface area (Å²) in [6.45, 7) is 0. The minimum atomic E-state index is -1.16. The summed E-state index contributed by atoms with van der Waals surface area (Å²) in [7, 11) is 0. The van der Waals surface area contributed by atoms with Gasteiger partial charge in [0.25, 0.3) is 0 Å². The Balaban J connectivity index is 1.85. The molecule has 0 aromatic heterocycles. The number of carbonyl (C=O) groups is 1. The number of hydrogen-bond donors (Lipinski definition) is 1. The summed E-state index contributed by atoms with van der Waals surface area (Å²) in [5, 5.41) is 8.81. The Hall–Kier alpha value is -2.36. The molecule has 3 nitrogen and oxygen atoms in total. The molecule has 0 saturated heterocycles. The highest BCUT2D eigenvalue weighted by Gasteiger charge is 2.13. The van der Waals surface area contributed by atoms with Gasteiger partial charge in [0, 0.05) is 0 Å². The fraction of sp³-hybridized carbons (Fsp3) is 0.235. The Morgan fingerprint density at radius 2 is 1.81 bits per heavy atom. The molecule has 0 heterocycles. The number of benzene rings is 2. The summed E-state index contributed by atoms with van der Waals surface area (Å²) in [5.74, 6) is -1.21. The van der Waals surface area contributed by atoms with Crippen LogP contribution in [0.25, 0.3) is 0 Å². The van der Waals surface area contributed by atoms with Gasteiger partial charge in [0.15, 0.2) is 11.6 Å². The van der Waals surface area contributed by atoms with Crippen LogP contribution in [0, 0.1) is 5.82 Å². The molecule has 0 amide bonds. The molecule has 108 valence electrons. The van der Waals surface area contributed by atoms with Crippen molar-refractivity contribution in [1.29, 1.82) is 0 Å². The van der Waals surface area contributed by atoms with Gasteiger partial charge in [-0.1, -0.05) is 6.07 Å². The molecule has 1 aliphatic rings. The third kappa shape index (κ3) is 2.89. The maximum absolute atomic E-state index is 13.8. The lowest BCUT2D eigenvalue weighted by Gasteiger charge is -2.16. The highest BCUT2D eigenvalue weighted by Crippen LogP contribution is 2.29. The maximum atomic E-state index is 13.8. The van der Waals surface area contributed by atoms with Crippen molar-refractivity contribution in [1.82, 2.24) is 0 Å². The Morgan fingerprint density at radius 1 is 1.05 bits per heavy atom. The normalized spacial score (nSPS) is 13.6. The second-order valence-electron chi connectivity index (χ2n) is 5.19. The molecule has 0 saturated carbocycles. The largest absolute Gasteiger partial charge is 0.478 e. The molecular weight excluding hydrogens is 271 g/mol. The van der Waals surface area contributed by atoms with E-state index in [-0.39, 0.29) is 11.3 Å². The first-order valence-electron chi connectivity index (χ1n) is 6.96. The van der Waals surface area contributed by atoms with Gasteiger partial charge in [0.2, 0.25) is 0 Å². The number of rotatable bonds is 3. The average molecular weight is 286 g/mol. The average Bonchev–Trinajstić information content (AvgIpc) is 2.49. The van der Waals surface area contributed by atoms with E-state index in [1.165, 1.54) is 29.7 Å². The number of halogens is 1. The molecule has 3 rings (SSSR count). The van der Waals surface area contributed by atoms with Crippen molar-refractivity contribution < 1.29 is 19.0 Å². The van der Waals surface area contributed by atoms with Gasteiger partial charge in [-0.15, -0.1) is 0 Å². The zero-order valence-corrected chi connectivity index (χ0v) is 11.4. The molecule has 0 radical (unpaired) electrons. The molecule has 0 atom stereocenters. The lowest BCUT2D eigenvalue weighted by atomic mass is 9.92. The van der Waals surface area contributed by atoms with Gasteiger partial charge in [-0.05, 0) is 67.1 Å². The zero-order chi connectivity index (χ0) is 14.8. The molecule has 0 fully saturated rings. The fourth-order valence-corrected chi connectivity index (χ4v) is 2.62. The van der Waals surface area contributed by atoms with Gasteiger partial charge >= 0.3 is 5.97 Å². The molecule has 21 heavy (non-hydrogen) atoms. The lowest BCUT2D eigenvalue weighted by Crippen LogP contribution is -2.02. The van der Waals surface area contributed by atoms with Gasteiger partial charge in [-0.3, -0.25) is 0 Å².